The molecule has 0 spiro atoms. The highest BCUT2D eigenvalue weighted by atomic mass is 35.5. The van der Waals surface area contributed by atoms with E-state index in [-0.39, 0.29) is 15.7 Å². The Morgan fingerprint density at radius 2 is 1.75 bits per heavy atom. The molecule has 11 heteroatoms. The number of nitrogens with one attached hydrogen (secondary N) is 2. The van der Waals surface area contributed by atoms with Crippen LogP contribution in [0.15, 0.2) is 47.9 Å². The molecular weight excluding hydrogens is 498 g/mol. The van der Waals surface area contributed by atoms with Crippen molar-refractivity contribution in [2.45, 2.75) is 49.6 Å². The van der Waals surface area contributed by atoms with Crippen LogP contribution in [0.4, 0.5) is 11.8 Å². The van der Waals surface area contributed by atoms with Crippen molar-refractivity contribution < 1.29 is 8.42 Å². The summed E-state index contributed by atoms with van der Waals surface area (Å²) in [6, 6.07) is 5.88. The maximum atomic E-state index is 12.6. The number of sulfonamides is 1. The number of aryl methyl sites for hydroxylation is 1. The fourth-order valence-electron chi connectivity index (χ4n) is 4.16. The van der Waals surface area contributed by atoms with Gasteiger partial charge in [-0.25, -0.2) is 23.4 Å². The van der Waals surface area contributed by atoms with Crippen LogP contribution >= 0.6 is 11.6 Å². The van der Waals surface area contributed by atoms with Crippen LogP contribution < -0.4 is 10.0 Å². The van der Waals surface area contributed by atoms with E-state index in [1.165, 1.54) is 31.3 Å². The fourth-order valence-corrected chi connectivity index (χ4v) is 5.60. The molecule has 3 heterocycles. The molecule has 0 radical (unpaired) electrons. The predicted molar refractivity (Wildman–Crippen MR) is 143 cm³/mol. The zero-order chi connectivity index (χ0) is 25.7. The highest BCUT2D eigenvalue weighted by Gasteiger charge is 2.22. The molecule has 1 aliphatic rings. The maximum Gasteiger partial charge on any atom is 0.266 e. The Bertz CT molecular complexity index is 1320. The summed E-state index contributed by atoms with van der Waals surface area (Å²) < 4.78 is 27.7. The molecule has 4 rings (SSSR count). The van der Waals surface area contributed by atoms with Crippen LogP contribution in [0, 0.1) is 6.92 Å². The number of pyridine rings is 2. The number of aromatic nitrogens is 4. The summed E-state index contributed by atoms with van der Waals surface area (Å²) in [5.74, 6) is 0.839. The number of halogens is 1. The molecule has 2 N–H and O–H groups in total. The van der Waals surface area contributed by atoms with Gasteiger partial charge in [0, 0.05) is 48.1 Å². The van der Waals surface area contributed by atoms with E-state index in [0.717, 1.165) is 24.0 Å². The van der Waals surface area contributed by atoms with Crippen molar-refractivity contribution in [3.05, 3.63) is 64.8 Å². The smallest absolute Gasteiger partial charge is 0.266 e. The van der Waals surface area contributed by atoms with Gasteiger partial charge in [0.15, 0.2) is 0 Å². The van der Waals surface area contributed by atoms with Crippen molar-refractivity contribution in [3.63, 3.8) is 0 Å². The van der Waals surface area contributed by atoms with Gasteiger partial charge in [0.05, 0.1) is 5.02 Å². The van der Waals surface area contributed by atoms with Gasteiger partial charge in [0.25, 0.3) is 10.0 Å². The lowest BCUT2D eigenvalue weighted by atomic mass is 9.91. The molecule has 0 atom stereocenters. The Hall–Kier alpha value is -3.08. The van der Waals surface area contributed by atoms with Gasteiger partial charge in [0.1, 0.15) is 10.7 Å². The third-order valence-electron chi connectivity index (χ3n) is 6.28. The summed E-state index contributed by atoms with van der Waals surface area (Å²) in [7, 11) is 0.380. The zero-order valence-corrected chi connectivity index (χ0v) is 22.1. The summed E-state index contributed by atoms with van der Waals surface area (Å²) in [5.41, 5.74) is 2.36. The highest BCUT2D eigenvalue weighted by molar-refractivity contribution is 7.92. The molecule has 0 aromatic carbocycles. The third-order valence-corrected chi connectivity index (χ3v) is 8.10. The van der Waals surface area contributed by atoms with E-state index in [4.69, 9.17) is 11.6 Å². The number of hydrogen-bond donors (Lipinski definition) is 2. The van der Waals surface area contributed by atoms with Crippen molar-refractivity contribution in [1.82, 2.24) is 24.8 Å². The van der Waals surface area contributed by atoms with Crippen LogP contribution in [-0.4, -0.2) is 59.4 Å². The second kappa shape index (κ2) is 11.3. The molecule has 1 fully saturated rings. The first-order chi connectivity index (χ1) is 17.2. The van der Waals surface area contributed by atoms with Gasteiger partial charge >= 0.3 is 0 Å². The molecule has 0 amide bonds. The minimum atomic E-state index is -3.90. The lowest BCUT2D eigenvalue weighted by molar-refractivity contribution is 0.221. The van der Waals surface area contributed by atoms with E-state index in [0.29, 0.717) is 23.7 Å². The quantitative estimate of drug-likeness (QED) is 0.440. The lowest BCUT2D eigenvalue weighted by Crippen LogP contribution is -2.36. The number of anilines is 2. The predicted octanol–water partition coefficient (Wildman–Crippen LogP) is 4.48. The Balaban J connectivity index is 1.36. The summed E-state index contributed by atoms with van der Waals surface area (Å²) in [6.07, 6.45) is 14.6. The molecule has 0 bridgehead atoms. The van der Waals surface area contributed by atoms with Crippen LogP contribution in [-0.2, 0) is 10.0 Å². The van der Waals surface area contributed by atoms with Crippen molar-refractivity contribution in [3.8, 4) is 0 Å². The van der Waals surface area contributed by atoms with E-state index >= 15 is 0 Å². The second-order valence-corrected chi connectivity index (χ2v) is 11.1. The molecule has 9 nitrogen and oxygen atoms in total. The van der Waals surface area contributed by atoms with Crippen molar-refractivity contribution in [2.75, 3.05) is 24.1 Å². The van der Waals surface area contributed by atoms with E-state index < -0.39 is 10.0 Å². The molecule has 1 saturated carbocycles. The maximum absolute atomic E-state index is 12.6. The second-order valence-electron chi connectivity index (χ2n) is 9.07. The molecule has 36 heavy (non-hydrogen) atoms. The van der Waals surface area contributed by atoms with E-state index in [1.54, 1.807) is 24.5 Å². The molecule has 0 unspecified atom stereocenters. The van der Waals surface area contributed by atoms with Crippen molar-refractivity contribution in [2.24, 2.45) is 0 Å². The van der Waals surface area contributed by atoms with Gasteiger partial charge in [-0.15, -0.1) is 0 Å². The van der Waals surface area contributed by atoms with E-state index in [2.05, 4.69) is 49.0 Å². The Labute approximate surface area is 217 Å². The normalized spacial score (nSPS) is 18.5. The molecule has 0 aliphatic heterocycles. The van der Waals surface area contributed by atoms with E-state index in [9.17, 15) is 8.42 Å². The summed E-state index contributed by atoms with van der Waals surface area (Å²) in [6.45, 7) is 1.81. The van der Waals surface area contributed by atoms with Gasteiger partial charge in [-0.3, -0.25) is 9.71 Å². The molecule has 190 valence electrons. The highest BCUT2D eigenvalue weighted by Crippen LogP contribution is 2.24. The number of rotatable bonds is 8. The molecule has 0 saturated heterocycles. The standard InChI is InChI=1S/C25H30ClN7O2S/c1-17-19(6-11-24(30-17)32-36(34,35)23-16-27-13-12-22(23)26)5-4-18-14-28-25(29-15-18)31-20-7-9-21(10-8-20)33(2)3/h4-6,11-16,20-21H,7-10H2,1-3H3,(H,30,32)(H,28,29,31)/b5-4+/t20-,21-. The van der Waals surface area contributed by atoms with Gasteiger partial charge < -0.3 is 10.2 Å². The molecule has 3 aromatic rings. The monoisotopic (exact) mass is 527 g/mol. The minimum Gasteiger partial charge on any atom is -0.351 e. The van der Waals surface area contributed by atoms with Crippen LogP contribution in [0.1, 0.15) is 42.5 Å². The van der Waals surface area contributed by atoms with Crippen molar-refractivity contribution >= 4 is 45.5 Å². The Kier molecular flexibility index (Phi) is 8.17. The summed E-state index contributed by atoms with van der Waals surface area (Å²) >= 11 is 6.00. The Morgan fingerprint density at radius 1 is 1.03 bits per heavy atom. The van der Waals surface area contributed by atoms with Crippen molar-refractivity contribution in [1.29, 1.82) is 0 Å². The first kappa shape index (κ1) is 26.0. The lowest BCUT2D eigenvalue weighted by Gasteiger charge is -2.32. The van der Waals surface area contributed by atoms with Gasteiger partial charge in [-0.1, -0.05) is 23.8 Å². The van der Waals surface area contributed by atoms with E-state index in [1.807, 2.05) is 19.1 Å². The van der Waals surface area contributed by atoms with Gasteiger partial charge in [0.2, 0.25) is 5.95 Å². The first-order valence-electron chi connectivity index (χ1n) is 11.7. The number of nitrogens with zero attached hydrogens (tertiary/aromatic N) is 5. The van der Waals surface area contributed by atoms with Crippen LogP contribution in [0.5, 0.6) is 0 Å². The van der Waals surface area contributed by atoms with Gasteiger partial charge in [-0.2, -0.15) is 0 Å². The summed E-state index contributed by atoms with van der Waals surface area (Å²) in [5, 5.41) is 3.54. The minimum absolute atomic E-state index is 0.0916. The topological polar surface area (TPSA) is 113 Å². The molecule has 1 aliphatic carbocycles. The largest absolute Gasteiger partial charge is 0.351 e. The van der Waals surface area contributed by atoms with Crippen LogP contribution in [0.2, 0.25) is 5.02 Å². The zero-order valence-electron chi connectivity index (χ0n) is 20.5. The average Bonchev–Trinajstić information content (AvgIpc) is 2.85. The molecular formula is C25H30ClN7O2S. The van der Waals surface area contributed by atoms with Crippen LogP contribution in [0.25, 0.3) is 12.2 Å². The third kappa shape index (κ3) is 6.57. The fraction of sp³-hybridized carbons (Fsp3) is 0.360. The Morgan fingerprint density at radius 3 is 2.39 bits per heavy atom. The average molecular weight is 528 g/mol. The SMILES string of the molecule is Cc1nc(NS(=O)(=O)c2cnccc2Cl)ccc1/C=C/c1cnc(N[C@H]2CC[C@H](N(C)C)CC2)nc1. The molecule has 3 aromatic heterocycles. The number of hydrogen-bond acceptors (Lipinski definition) is 8. The van der Waals surface area contributed by atoms with Gasteiger partial charge in [-0.05, 0) is 70.5 Å². The first-order valence-corrected chi connectivity index (χ1v) is 13.6. The van der Waals surface area contributed by atoms with Crippen LogP contribution in [0.3, 0.4) is 0 Å². The summed E-state index contributed by atoms with van der Waals surface area (Å²) in [4.78, 5) is 19.3.